The van der Waals surface area contributed by atoms with Crippen molar-refractivity contribution in [2.24, 2.45) is 0 Å². The standard InChI is InChI=1S/C23H26N2O6/c1-3-30-20-9-14-8-15(12-24-7-5-6-22(24)27)25-13-17(23(28)29)19(26)11-18(25)16(14)10-21(20)31-4-2/h9-11,13,15H,3-8,12H2,1-2H3,(H,28,29). The summed E-state index contributed by atoms with van der Waals surface area (Å²) in [5.41, 5.74) is 1.59. The summed E-state index contributed by atoms with van der Waals surface area (Å²) < 4.78 is 13.3. The molecule has 0 saturated carbocycles. The Bertz CT molecular complexity index is 1090. The van der Waals surface area contributed by atoms with E-state index in [4.69, 9.17) is 9.47 Å². The van der Waals surface area contributed by atoms with E-state index in [1.807, 2.05) is 35.4 Å². The van der Waals surface area contributed by atoms with Gasteiger partial charge in [-0.15, -0.1) is 0 Å². The number of aromatic carboxylic acids is 1. The van der Waals surface area contributed by atoms with Crippen molar-refractivity contribution in [1.82, 2.24) is 9.47 Å². The van der Waals surface area contributed by atoms with E-state index in [0.717, 1.165) is 17.5 Å². The lowest BCUT2D eigenvalue weighted by Gasteiger charge is -2.34. The lowest BCUT2D eigenvalue weighted by Crippen LogP contribution is -2.35. The minimum Gasteiger partial charge on any atom is -0.490 e. The Morgan fingerprint density at radius 3 is 2.45 bits per heavy atom. The van der Waals surface area contributed by atoms with Crippen LogP contribution in [0.2, 0.25) is 0 Å². The highest BCUT2D eigenvalue weighted by atomic mass is 16.5. The van der Waals surface area contributed by atoms with Crippen LogP contribution in [0.1, 0.15) is 48.7 Å². The molecule has 1 atom stereocenters. The number of ether oxygens (including phenoxy) is 2. The summed E-state index contributed by atoms with van der Waals surface area (Å²) in [5.74, 6) is 0.0620. The Morgan fingerprint density at radius 2 is 1.84 bits per heavy atom. The normalized spacial score (nSPS) is 17.3. The molecule has 0 spiro atoms. The molecule has 1 N–H and O–H groups in total. The highest BCUT2D eigenvalue weighted by Crippen LogP contribution is 2.41. The second-order valence-electron chi connectivity index (χ2n) is 7.77. The molecule has 2 aromatic rings. The second-order valence-corrected chi connectivity index (χ2v) is 7.77. The fourth-order valence-corrected chi connectivity index (χ4v) is 4.43. The van der Waals surface area contributed by atoms with Crippen LogP contribution in [-0.4, -0.2) is 52.8 Å². The maximum Gasteiger partial charge on any atom is 0.341 e. The third kappa shape index (κ3) is 3.89. The lowest BCUT2D eigenvalue weighted by atomic mass is 9.91. The number of amides is 1. The zero-order chi connectivity index (χ0) is 22.1. The first kappa shape index (κ1) is 21.0. The SMILES string of the molecule is CCOc1cc2c(cc1OCC)-c1cc(=O)c(C(=O)O)cn1C(CN1CCCC1=O)C2. The molecule has 0 bridgehead atoms. The molecule has 1 unspecified atom stereocenters. The molecule has 31 heavy (non-hydrogen) atoms. The van der Waals surface area contributed by atoms with E-state index in [-0.39, 0.29) is 17.5 Å². The summed E-state index contributed by atoms with van der Waals surface area (Å²) in [6.07, 6.45) is 3.35. The number of hydrogen-bond acceptors (Lipinski definition) is 5. The summed E-state index contributed by atoms with van der Waals surface area (Å²) >= 11 is 0. The van der Waals surface area contributed by atoms with Gasteiger partial charge in [0.2, 0.25) is 5.91 Å². The van der Waals surface area contributed by atoms with Crippen molar-refractivity contribution in [2.45, 2.75) is 39.2 Å². The number of hydrogen-bond donors (Lipinski definition) is 1. The topological polar surface area (TPSA) is 98.1 Å². The molecule has 3 heterocycles. The van der Waals surface area contributed by atoms with Crippen molar-refractivity contribution in [3.63, 3.8) is 0 Å². The zero-order valence-corrected chi connectivity index (χ0v) is 17.7. The lowest BCUT2D eigenvalue weighted by molar-refractivity contribution is -0.128. The maximum absolute atomic E-state index is 12.5. The van der Waals surface area contributed by atoms with Gasteiger partial charge in [-0.3, -0.25) is 9.59 Å². The fraction of sp³-hybridized carbons (Fsp3) is 0.435. The van der Waals surface area contributed by atoms with Crippen molar-refractivity contribution in [3.8, 4) is 22.8 Å². The van der Waals surface area contributed by atoms with Gasteiger partial charge >= 0.3 is 5.97 Å². The van der Waals surface area contributed by atoms with E-state index < -0.39 is 11.4 Å². The molecule has 8 heteroatoms. The summed E-state index contributed by atoms with van der Waals surface area (Å²) in [7, 11) is 0. The third-order valence-corrected chi connectivity index (χ3v) is 5.81. The molecular formula is C23H26N2O6. The van der Waals surface area contributed by atoms with E-state index >= 15 is 0 Å². The Morgan fingerprint density at radius 1 is 1.13 bits per heavy atom. The summed E-state index contributed by atoms with van der Waals surface area (Å²) in [6.45, 7) is 5.89. The molecule has 1 aromatic carbocycles. The maximum atomic E-state index is 12.5. The molecule has 4 rings (SSSR count). The minimum absolute atomic E-state index is 0.105. The van der Waals surface area contributed by atoms with Gasteiger partial charge in [0.05, 0.1) is 24.9 Å². The number of carbonyl (C=O) groups excluding carboxylic acids is 1. The zero-order valence-electron chi connectivity index (χ0n) is 17.7. The largest absolute Gasteiger partial charge is 0.490 e. The molecule has 2 aliphatic rings. The molecule has 1 fully saturated rings. The van der Waals surface area contributed by atoms with Crippen molar-refractivity contribution < 1.29 is 24.2 Å². The van der Waals surface area contributed by atoms with E-state index in [1.165, 1.54) is 12.3 Å². The molecule has 1 amide bonds. The number of benzene rings is 1. The van der Waals surface area contributed by atoms with Crippen LogP contribution in [0.25, 0.3) is 11.3 Å². The first-order valence-electron chi connectivity index (χ1n) is 10.6. The Labute approximate surface area is 180 Å². The van der Waals surface area contributed by atoms with Crippen LogP contribution in [0.3, 0.4) is 0 Å². The van der Waals surface area contributed by atoms with Gasteiger partial charge in [0.25, 0.3) is 0 Å². The Kier molecular flexibility index (Phi) is 5.71. The first-order valence-corrected chi connectivity index (χ1v) is 10.6. The number of carboxylic acid groups (broad SMARTS) is 1. The number of aromatic nitrogens is 1. The molecular weight excluding hydrogens is 400 g/mol. The molecule has 164 valence electrons. The van der Waals surface area contributed by atoms with Gasteiger partial charge in [0, 0.05) is 37.3 Å². The highest BCUT2D eigenvalue weighted by Gasteiger charge is 2.31. The number of nitrogens with zero attached hydrogens (tertiary/aromatic N) is 2. The van der Waals surface area contributed by atoms with Crippen LogP contribution in [0.4, 0.5) is 0 Å². The van der Waals surface area contributed by atoms with E-state index in [1.54, 1.807) is 0 Å². The van der Waals surface area contributed by atoms with Gasteiger partial charge in [0.1, 0.15) is 5.56 Å². The average Bonchev–Trinajstić information content (AvgIpc) is 3.13. The van der Waals surface area contributed by atoms with E-state index in [2.05, 4.69) is 0 Å². The number of carboxylic acids is 1. The summed E-state index contributed by atoms with van der Waals surface area (Å²) in [5, 5.41) is 9.47. The quantitative estimate of drug-likeness (QED) is 0.731. The number of fused-ring (bicyclic) bond motifs is 3. The molecule has 1 aromatic heterocycles. The Balaban J connectivity index is 1.86. The number of likely N-dealkylation sites (tertiary alicyclic amines) is 1. The van der Waals surface area contributed by atoms with Crippen LogP contribution < -0.4 is 14.9 Å². The van der Waals surface area contributed by atoms with Gasteiger partial charge in [-0.25, -0.2) is 4.79 Å². The Hall–Kier alpha value is -3.29. The van der Waals surface area contributed by atoms with Crippen LogP contribution >= 0.6 is 0 Å². The second kappa shape index (κ2) is 8.45. The van der Waals surface area contributed by atoms with Crippen LogP contribution in [-0.2, 0) is 11.2 Å². The van der Waals surface area contributed by atoms with Crippen LogP contribution in [0.15, 0.2) is 29.2 Å². The van der Waals surface area contributed by atoms with Crippen molar-refractivity contribution in [2.75, 3.05) is 26.3 Å². The summed E-state index contributed by atoms with van der Waals surface area (Å²) in [6, 6.07) is 4.97. The van der Waals surface area contributed by atoms with Crippen LogP contribution in [0, 0.1) is 0 Å². The fourth-order valence-electron chi connectivity index (χ4n) is 4.43. The molecule has 0 aliphatic carbocycles. The van der Waals surface area contributed by atoms with Crippen molar-refractivity contribution in [1.29, 1.82) is 0 Å². The highest BCUT2D eigenvalue weighted by molar-refractivity contribution is 5.88. The molecule has 8 nitrogen and oxygen atoms in total. The van der Waals surface area contributed by atoms with Gasteiger partial charge in [0.15, 0.2) is 16.9 Å². The van der Waals surface area contributed by atoms with Gasteiger partial charge in [-0.2, -0.15) is 0 Å². The smallest absolute Gasteiger partial charge is 0.341 e. The van der Waals surface area contributed by atoms with E-state index in [9.17, 15) is 19.5 Å². The van der Waals surface area contributed by atoms with Gasteiger partial charge in [-0.1, -0.05) is 0 Å². The number of carbonyl (C=O) groups is 2. The summed E-state index contributed by atoms with van der Waals surface area (Å²) in [4.78, 5) is 38.2. The monoisotopic (exact) mass is 426 g/mol. The predicted octanol–water partition coefficient (Wildman–Crippen LogP) is 2.73. The molecule has 1 saturated heterocycles. The average molecular weight is 426 g/mol. The van der Waals surface area contributed by atoms with Gasteiger partial charge in [-0.05, 0) is 44.4 Å². The molecule has 0 radical (unpaired) electrons. The minimum atomic E-state index is -1.26. The first-order chi connectivity index (χ1) is 14.9. The third-order valence-electron chi connectivity index (χ3n) is 5.81. The number of rotatable bonds is 7. The van der Waals surface area contributed by atoms with Crippen molar-refractivity contribution >= 4 is 11.9 Å². The van der Waals surface area contributed by atoms with Gasteiger partial charge < -0.3 is 24.0 Å². The molecule has 2 aliphatic heterocycles. The van der Waals surface area contributed by atoms with Crippen molar-refractivity contribution in [3.05, 3.63) is 45.7 Å². The van der Waals surface area contributed by atoms with Crippen LogP contribution in [0.5, 0.6) is 11.5 Å². The number of pyridine rings is 1. The predicted molar refractivity (Wildman–Crippen MR) is 114 cm³/mol. The van der Waals surface area contributed by atoms with E-state index in [0.29, 0.717) is 56.3 Å².